The first-order chi connectivity index (χ1) is 7.27. The van der Waals surface area contributed by atoms with Crippen molar-refractivity contribution >= 4 is 11.6 Å². The Bertz CT molecular complexity index is 623. The summed E-state index contributed by atoms with van der Waals surface area (Å²) >= 11 is 0. The SMILES string of the molecule is O=C(O)c1nc2cc[nH]n2c2cccc1-2. The summed E-state index contributed by atoms with van der Waals surface area (Å²) in [6, 6.07) is 7.15. The van der Waals surface area contributed by atoms with E-state index in [9.17, 15) is 4.79 Å². The van der Waals surface area contributed by atoms with Crippen molar-refractivity contribution in [1.82, 2.24) is 14.6 Å². The number of carboxylic acid groups (broad SMARTS) is 1. The molecule has 2 heterocycles. The van der Waals surface area contributed by atoms with Crippen molar-refractivity contribution in [2.75, 3.05) is 0 Å². The van der Waals surface area contributed by atoms with Crippen LogP contribution in [0, 0.1) is 0 Å². The Morgan fingerprint density at radius 1 is 1.40 bits per heavy atom. The summed E-state index contributed by atoms with van der Waals surface area (Å²) in [5.74, 6) is -1.00. The third kappa shape index (κ3) is 0.969. The molecule has 0 unspecified atom stereocenters. The predicted octanol–water partition coefficient (Wildman–Crippen LogP) is 1.47. The molecule has 0 aromatic carbocycles. The minimum Gasteiger partial charge on any atom is -0.476 e. The van der Waals surface area contributed by atoms with Gasteiger partial charge in [0, 0.05) is 17.8 Å². The fourth-order valence-electron chi connectivity index (χ4n) is 1.75. The maximum Gasteiger partial charge on any atom is 0.355 e. The second-order valence-corrected chi connectivity index (χ2v) is 3.25. The highest BCUT2D eigenvalue weighted by Crippen LogP contribution is 2.26. The van der Waals surface area contributed by atoms with Gasteiger partial charge < -0.3 is 5.11 Å². The van der Waals surface area contributed by atoms with E-state index in [4.69, 9.17) is 5.11 Å². The quantitative estimate of drug-likeness (QED) is 0.626. The van der Waals surface area contributed by atoms with E-state index in [0.717, 1.165) is 5.69 Å². The lowest BCUT2D eigenvalue weighted by Crippen LogP contribution is -2.07. The Kier molecular flexibility index (Phi) is 1.39. The minimum absolute atomic E-state index is 0.0922. The molecule has 1 aliphatic heterocycles. The number of nitrogens with one attached hydrogen (secondary N) is 1. The first kappa shape index (κ1) is 8.05. The second kappa shape index (κ2) is 2.60. The Morgan fingerprint density at radius 2 is 2.27 bits per heavy atom. The number of nitrogens with zero attached hydrogens (tertiary/aromatic N) is 2. The Labute approximate surface area is 84.3 Å². The predicted molar refractivity (Wildman–Crippen MR) is 53.1 cm³/mol. The van der Waals surface area contributed by atoms with Gasteiger partial charge in [0.1, 0.15) is 0 Å². The van der Waals surface area contributed by atoms with Gasteiger partial charge in [0.05, 0.1) is 5.69 Å². The summed E-state index contributed by atoms with van der Waals surface area (Å²) in [5, 5.41) is 12.0. The molecular weight excluding hydrogens is 194 g/mol. The molecular formula is C10H7N3O2. The third-order valence-corrected chi connectivity index (χ3v) is 2.38. The summed E-state index contributed by atoms with van der Waals surface area (Å²) in [7, 11) is 0. The van der Waals surface area contributed by atoms with Gasteiger partial charge in [-0.05, 0) is 6.07 Å². The molecule has 0 bridgehead atoms. The normalized spacial score (nSPS) is 11.2. The van der Waals surface area contributed by atoms with E-state index in [1.165, 1.54) is 0 Å². The highest BCUT2D eigenvalue weighted by atomic mass is 16.4. The summed E-state index contributed by atoms with van der Waals surface area (Å²) in [6.07, 6.45) is 1.72. The standard InChI is InChI=1S/C10H7N3O2/c14-10(15)9-6-2-1-3-7(6)13-8(12-9)4-5-11-13/h1-5,11H,(H,14,15). The van der Waals surface area contributed by atoms with Crippen molar-refractivity contribution in [3.63, 3.8) is 0 Å². The first-order valence-corrected chi connectivity index (χ1v) is 4.45. The number of aromatic carboxylic acids is 1. The molecule has 0 saturated carbocycles. The smallest absolute Gasteiger partial charge is 0.355 e. The second-order valence-electron chi connectivity index (χ2n) is 3.25. The molecule has 2 aliphatic rings. The molecule has 0 fully saturated rings. The van der Waals surface area contributed by atoms with Gasteiger partial charge in [0.25, 0.3) is 0 Å². The van der Waals surface area contributed by atoms with Crippen LogP contribution in [0.2, 0.25) is 0 Å². The molecule has 3 rings (SSSR count). The van der Waals surface area contributed by atoms with Crippen LogP contribution in [-0.2, 0) is 0 Å². The number of hydrogen-bond donors (Lipinski definition) is 2. The molecule has 2 N–H and O–H groups in total. The van der Waals surface area contributed by atoms with E-state index in [1.54, 1.807) is 22.8 Å². The highest BCUT2D eigenvalue weighted by molar-refractivity contribution is 5.94. The van der Waals surface area contributed by atoms with Crippen molar-refractivity contribution in [1.29, 1.82) is 0 Å². The number of carboxylic acids is 1. The molecule has 0 amide bonds. The number of rotatable bonds is 1. The van der Waals surface area contributed by atoms with Crippen LogP contribution in [0.4, 0.5) is 0 Å². The van der Waals surface area contributed by atoms with Crippen molar-refractivity contribution < 1.29 is 9.90 Å². The zero-order chi connectivity index (χ0) is 10.4. The Hall–Kier alpha value is -2.30. The lowest BCUT2D eigenvalue weighted by atomic mass is 10.2. The zero-order valence-electron chi connectivity index (χ0n) is 7.64. The van der Waals surface area contributed by atoms with Gasteiger partial charge in [-0.1, -0.05) is 12.1 Å². The van der Waals surface area contributed by atoms with Crippen molar-refractivity contribution in [2.45, 2.75) is 0 Å². The number of carbonyl (C=O) groups is 1. The van der Waals surface area contributed by atoms with E-state index in [1.807, 2.05) is 12.1 Å². The average Bonchev–Trinajstić information content (AvgIpc) is 2.83. The van der Waals surface area contributed by atoms with Crippen LogP contribution in [0.3, 0.4) is 0 Å². The lowest BCUT2D eigenvalue weighted by molar-refractivity contribution is 0.0691. The van der Waals surface area contributed by atoms with E-state index in [0.29, 0.717) is 11.2 Å². The molecule has 0 saturated heterocycles. The molecule has 1 aromatic heterocycles. The monoisotopic (exact) mass is 201 g/mol. The molecule has 74 valence electrons. The fourth-order valence-corrected chi connectivity index (χ4v) is 1.75. The summed E-state index contributed by atoms with van der Waals surface area (Å²) in [4.78, 5) is 15.1. The lowest BCUT2D eigenvalue weighted by Gasteiger charge is -2.06. The molecule has 15 heavy (non-hydrogen) atoms. The van der Waals surface area contributed by atoms with Gasteiger partial charge in [-0.15, -0.1) is 0 Å². The van der Waals surface area contributed by atoms with Crippen LogP contribution in [-0.4, -0.2) is 25.7 Å². The third-order valence-electron chi connectivity index (χ3n) is 2.38. The number of H-pyrrole nitrogens is 1. The number of hydrogen-bond acceptors (Lipinski definition) is 2. The highest BCUT2D eigenvalue weighted by Gasteiger charge is 2.18. The van der Waals surface area contributed by atoms with E-state index in [2.05, 4.69) is 10.1 Å². The number of fused-ring (bicyclic) bond motifs is 3. The Morgan fingerprint density at radius 3 is 3.07 bits per heavy atom. The van der Waals surface area contributed by atoms with Gasteiger partial charge in [-0.25, -0.2) is 14.3 Å². The summed E-state index contributed by atoms with van der Waals surface area (Å²) in [6.45, 7) is 0. The topological polar surface area (TPSA) is 70.4 Å². The Balaban J connectivity index is 2.51. The fraction of sp³-hybridized carbons (Fsp3) is 0. The van der Waals surface area contributed by atoms with Gasteiger partial charge >= 0.3 is 5.97 Å². The van der Waals surface area contributed by atoms with Crippen molar-refractivity contribution in [2.24, 2.45) is 0 Å². The van der Waals surface area contributed by atoms with Crippen LogP contribution in [0.5, 0.6) is 0 Å². The van der Waals surface area contributed by atoms with Gasteiger partial charge in [-0.3, -0.25) is 5.10 Å². The van der Waals surface area contributed by atoms with Crippen molar-refractivity contribution in [3.8, 4) is 11.3 Å². The molecule has 1 aromatic rings. The minimum atomic E-state index is -1.00. The van der Waals surface area contributed by atoms with Crippen LogP contribution >= 0.6 is 0 Å². The molecule has 5 nitrogen and oxygen atoms in total. The van der Waals surface area contributed by atoms with E-state index in [-0.39, 0.29) is 5.69 Å². The molecule has 0 radical (unpaired) electrons. The zero-order valence-corrected chi connectivity index (χ0v) is 7.64. The van der Waals surface area contributed by atoms with Gasteiger partial charge in [0.15, 0.2) is 11.3 Å². The molecule has 5 heteroatoms. The van der Waals surface area contributed by atoms with Gasteiger partial charge in [0.2, 0.25) is 0 Å². The molecule has 0 atom stereocenters. The first-order valence-electron chi connectivity index (χ1n) is 4.45. The number of aromatic nitrogens is 3. The largest absolute Gasteiger partial charge is 0.476 e. The van der Waals surface area contributed by atoms with Crippen LogP contribution in [0.1, 0.15) is 10.5 Å². The number of aromatic amines is 1. The summed E-state index contributed by atoms with van der Waals surface area (Å²) in [5.41, 5.74) is 2.16. The molecule has 1 aliphatic carbocycles. The van der Waals surface area contributed by atoms with Gasteiger partial charge in [-0.2, -0.15) is 0 Å². The van der Waals surface area contributed by atoms with Crippen LogP contribution < -0.4 is 0 Å². The average molecular weight is 201 g/mol. The molecule has 0 spiro atoms. The maximum atomic E-state index is 11.0. The van der Waals surface area contributed by atoms with E-state index >= 15 is 0 Å². The van der Waals surface area contributed by atoms with Crippen LogP contribution in [0.25, 0.3) is 16.9 Å². The summed E-state index contributed by atoms with van der Waals surface area (Å²) < 4.78 is 1.75. The van der Waals surface area contributed by atoms with Crippen LogP contribution in [0.15, 0.2) is 30.5 Å². The maximum absolute atomic E-state index is 11.0. The van der Waals surface area contributed by atoms with E-state index < -0.39 is 5.97 Å². The van der Waals surface area contributed by atoms with Crippen molar-refractivity contribution in [3.05, 3.63) is 36.2 Å².